The van der Waals surface area contributed by atoms with Crippen LogP contribution in [0.3, 0.4) is 0 Å². The van der Waals surface area contributed by atoms with Gasteiger partial charge in [-0.05, 0) is 24.3 Å². The number of nitro benzene ring substituents is 2. The molecule has 0 aromatic heterocycles. The van der Waals surface area contributed by atoms with Gasteiger partial charge in [-0.1, -0.05) is 35.9 Å². The SMILES string of the molecule is O=C(CP(=O)(CC(=O)N/N=C/c1cccc([N+](=O)[O-])c1)c1ccc(Cl)cc1)N/N=C/c1cccc([N+](=O)[O-])c1. The number of hydrazone groups is 2. The largest absolute Gasteiger partial charge is 0.318 e. The molecule has 2 amide bonds. The molecule has 0 heterocycles. The predicted molar refractivity (Wildman–Crippen MR) is 146 cm³/mol. The van der Waals surface area contributed by atoms with E-state index in [1.807, 2.05) is 0 Å². The van der Waals surface area contributed by atoms with E-state index in [4.69, 9.17) is 11.6 Å². The molecule has 0 saturated carbocycles. The van der Waals surface area contributed by atoms with Crippen LogP contribution in [0.15, 0.2) is 83.0 Å². The highest BCUT2D eigenvalue weighted by atomic mass is 35.5. The van der Waals surface area contributed by atoms with Crippen LogP contribution in [-0.2, 0) is 14.2 Å². The molecule has 2 N–H and O–H groups in total. The zero-order valence-corrected chi connectivity index (χ0v) is 21.6. The number of amides is 2. The summed E-state index contributed by atoms with van der Waals surface area (Å²) in [6.07, 6.45) is 1.22. The van der Waals surface area contributed by atoms with E-state index in [2.05, 4.69) is 21.1 Å². The number of benzene rings is 3. The van der Waals surface area contributed by atoms with Crippen molar-refractivity contribution >= 4 is 59.7 Å². The molecule has 39 heavy (non-hydrogen) atoms. The molecule has 15 heteroatoms. The fourth-order valence-corrected chi connectivity index (χ4v) is 5.65. The minimum Gasteiger partial charge on any atom is -0.318 e. The number of halogens is 1. The molecule has 13 nitrogen and oxygen atoms in total. The Kier molecular flexibility index (Phi) is 9.74. The maximum atomic E-state index is 13.8. The zero-order chi connectivity index (χ0) is 28.4. The molecule has 200 valence electrons. The van der Waals surface area contributed by atoms with Gasteiger partial charge in [0, 0.05) is 45.7 Å². The van der Waals surface area contributed by atoms with Gasteiger partial charge in [-0.25, -0.2) is 10.9 Å². The van der Waals surface area contributed by atoms with Gasteiger partial charge in [0.25, 0.3) is 11.4 Å². The van der Waals surface area contributed by atoms with Crippen molar-refractivity contribution in [2.24, 2.45) is 10.2 Å². The Morgan fingerprint density at radius 3 is 1.64 bits per heavy atom. The van der Waals surface area contributed by atoms with Crippen LogP contribution in [0.2, 0.25) is 5.02 Å². The van der Waals surface area contributed by atoms with Gasteiger partial charge >= 0.3 is 0 Å². The molecule has 0 unspecified atom stereocenters. The van der Waals surface area contributed by atoms with Crippen molar-refractivity contribution < 1.29 is 24.0 Å². The first kappa shape index (κ1) is 28.8. The van der Waals surface area contributed by atoms with Crippen molar-refractivity contribution in [1.29, 1.82) is 0 Å². The number of nitrogens with zero attached hydrogens (tertiary/aromatic N) is 4. The minimum atomic E-state index is -3.68. The lowest BCUT2D eigenvalue weighted by molar-refractivity contribution is -0.385. The molecule has 0 spiro atoms. The first-order valence-corrected chi connectivity index (χ1v) is 13.5. The summed E-state index contributed by atoms with van der Waals surface area (Å²) in [5.41, 5.74) is 4.82. The topological polar surface area (TPSA) is 186 Å². The fraction of sp³-hybridized carbons (Fsp3) is 0.0833. The Hall–Kier alpha value is -4.74. The van der Waals surface area contributed by atoms with Crippen LogP contribution in [0.4, 0.5) is 11.4 Å². The van der Waals surface area contributed by atoms with E-state index in [1.54, 1.807) is 12.1 Å². The number of carbonyl (C=O) groups is 2. The van der Waals surface area contributed by atoms with Crippen LogP contribution in [0.25, 0.3) is 0 Å². The lowest BCUT2D eigenvalue weighted by Gasteiger charge is -2.17. The van der Waals surface area contributed by atoms with Crippen molar-refractivity contribution in [3.63, 3.8) is 0 Å². The molecule has 0 atom stereocenters. The van der Waals surface area contributed by atoms with E-state index >= 15 is 0 Å². The Morgan fingerprint density at radius 2 is 1.23 bits per heavy atom. The van der Waals surface area contributed by atoms with Gasteiger partial charge in [0.05, 0.1) is 34.6 Å². The van der Waals surface area contributed by atoms with Crippen molar-refractivity contribution in [1.82, 2.24) is 10.9 Å². The lowest BCUT2D eigenvalue weighted by atomic mass is 10.2. The molecular formula is C24H20ClN6O7P. The van der Waals surface area contributed by atoms with Gasteiger partial charge in [-0.15, -0.1) is 0 Å². The molecular weight excluding hydrogens is 551 g/mol. The first-order valence-electron chi connectivity index (χ1n) is 11.0. The van der Waals surface area contributed by atoms with Crippen molar-refractivity contribution in [3.8, 4) is 0 Å². The highest BCUT2D eigenvalue weighted by Crippen LogP contribution is 2.44. The summed E-state index contributed by atoms with van der Waals surface area (Å²) >= 11 is 5.92. The number of nitro groups is 2. The van der Waals surface area contributed by atoms with E-state index in [9.17, 15) is 34.4 Å². The van der Waals surface area contributed by atoms with Gasteiger partial charge in [0.1, 0.15) is 7.14 Å². The number of non-ortho nitro benzene ring substituents is 2. The summed E-state index contributed by atoms with van der Waals surface area (Å²) in [5.74, 6) is -1.52. The van der Waals surface area contributed by atoms with Crippen LogP contribution in [-0.4, -0.2) is 46.4 Å². The van der Waals surface area contributed by atoms with E-state index in [1.165, 1.54) is 73.1 Å². The summed E-state index contributed by atoms with van der Waals surface area (Å²) in [5, 5.41) is 29.9. The second-order valence-electron chi connectivity index (χ2n) is 7.97. The van der Waals surface area contributed by atoms with Crippen LogP contribution in [0, 0.1) is 20.2 Å². The van der Waals surface area contributed by atoms with Crippen LogP contribution < -0.4 is 16.2 Å². The summed E-state index contributed by atoms with van der Waals surface area (Å²) < 4.78 is 13.8. The molecule has 0 saturated heterocycles. The molecule has 0 aliphatic heterocycles. The normalized spacial score (nSPS) is 11.4. The second kappa shape index (κ2) is 13.2. The van der Waals surface area contributed by atoms with Gasteiger partial charge in [0.2, 0.25) is 11.8 Å². The molecule has 0 fully saturated rings. The van der Waals surface area contributed by atoms with Crippen LogP contribution in [0.5, 0.6) is 0 Å². The van der Waals surface area contributed by atoms with Crippen LogP contribution >= 0.6 is 18.7 Å². The average molecular weight is 571 g/mol. The zero-order valence-electron chi connectivity index (χ0n) is 20.0. The monoisotopic (exact) mass is 570 g/mol. The Balaban J connectivity index is 1.70. The third-order valence-electron chi connectivity index (χ3n) is 5.06. The third kappa shape index (κ3) is 8.66. The number of nitrogens with one attached hydrogen (secondary N) is 2. The maximum Gasteiger partial charge on any atom is 0.270 e. The van der Waals surface area contributed by atoms with Crippen molar-refractivity contribution in [3.05, 3.63) is 109 Å². The minimum absolute atomic E-state index is 0.156. The molecule has 3 rings (SSSR count). The van der Waals surface area contributed by atoms with Crippen molar-refractivity contribution in [2.75, 3.05) is 12.3 Å². The van der Waals surface area contributed by atoms with Gasteiger partial charge in [-0.2, -0.15) is 10.2 Å². The Bertz CT molecular complexity index is 1420. The standard InChI is InChI=1S/C24H20ClN6O7P/c25-19-7-9-22(10-8-19)39(38,15-23(32)28-26-13-17-3-1-5-20(11-17)30(34)35)16-24(33)29-27-14-18-4-2-6-21(12-18)31(36)37/h1-14H,15-16H2,(H,28,32)(H,29,33)/b26-13+,27-14+. The first-order chi connectivity index (χ1) is 18.6. The number of carbonyl (C=O) groups excluding carboxylic acids is 2. The number of rotatable bonds is 11. The van der Waals surface area contributed by atoms with E-state index in [-0.39, 0.29) is 16.7 Å². The molecule has 0 radical (unpaired) electrons. The van der Waals surface area contributed by atoms with E-state index in [0.717, 1.165) is 0 Å². The van der Waals surface area contributed by atoms with Crippen LogP contribution in [0.1, 0.15) is 11.1 Å². The third-order valence-corrected chi connectivity index (χ3v) is 8.15. The average Bonchev–Trinajstić information content (AvgIpc) is 2.89. The summed E-state index contributed by atoms with van der Waals surface area (Å²) in [6, 6.07) is 16.9. The van der Waals surface area contributed by atoms with Gasteiger partial charge in [-0.3, -0.25) is 29.8 Å². The molecule has 0 bridgehead atoms. The quantitative estimate of drug-likeness (QED) is 0.153. The smallest absolute Gasteiger partial charge is 0.270 e. The van der Waals surface area contributed by atoms with Gasteiger partial charge < -0.3 is 4.57 Å². The Labute approximate surface area is 226 Å². The maximum absolute atomic E-state index is 13.8. The van der Waals surface area contributed by atoms with Gasteiger partial charge in [0.15, 0.2) is 0 Å². The summed E-state index contributed by atoms with van der Waals surface area (Å²) in [7, 11) is -3.68. The molecule has 3 aromatic carbocycles. The highest BCUT2D eigenvalue weighted by Gasteiger charge is 2.31. The Morgan fingerprint density at radius 1 is 0.795 bits per heavy atom. The lowest BCUT2D eigenvalue weighted by Crippen LogP contribution is -2.30. The fourth-order valence-electron chi connectivity index (χ4n) is 3.28. The van der Waals surface area contributed by atoms with E-state index in [0.29, 0.717) is 16.1 Å². The highest BCUT2D eigenvalue weighted by molar-refractivity contribution is 7.73. The molecule has 0 aliphatic rings. The predicted octanol–water partition coefficient (Wildman–Crippen LogP) is 3.45. The van der Waals surface area contributed by atoms with E-state index < -0.39 is 41.1 Å². The second-order valence-corrected chi connectivity index (χ2v) is 11.3. The summed E-state index contributed by atoms with van der Waals surface area (Å²) in [6.45, 7) is 0. The molecule has 0 aliphatic carbocycles. The van der Waals surface area contributed by atoms with Crippen molar-refractivity contribution in [2.45, 2.75) is 0 Å². The summed E-state index contributed by atoms with van der Waals surface area (Å²) in [4.78, 5) is 45.8. The molecule has 3 aromatic rings. The number of hydrogen-bond acceptors (Lipinski definition) is 9. The number of hydrogen-bond donors (Lipinski definition) is 2.